The molecule has 1 aliphatic heterocycles. The maximum absolute atomic E-state index is 11.3. The van der Waals surface area contributed by atoms with Crippen molar-refractivity contribution in [3.05, 3.63) is 34.2 Å². The molecule has 1 aliphatic rings. The summed E-state index contributed by atoms with van der Waals surface area (Å²) >= 11 is 2.03. The van der Waals surface area contributed by atoms with Crippen LogP contribution in [0, 0.1) is 0 Å². The largest absolute Gasteiger partial charge is 0.323 e. The van der Waals surface area contributed by atoms with Crippen LogP contribution >= 0.6 is 11.8 Å². The number of hydrogen-bond donors (Lipinski definition) is 3. The van der Waals surface area contributed by atoms with Gasteiger partial charge in [0.2, 0.25) is 0 Å². The van der Waals surface area contributed by atoms with Gasteiger partial charge in [-0.2, -0.15) is 11.8 Å². The molecule has 4 nitrogen and oxygen atoms in total. The first-order valence-corrected chi connectivity index (χ1v) is 7.78. The molecule has 1 aromatic carbocycles. The summed E-state index contributed by atoms with van der Waals surface area (Å²) < 4.78 is 0. The van der Waals surface area contributed by atoms with Crippen molar-refractivity contribution in [2.75, 3.05) is 5.75 Å². The van der Waals surface area contributed by atoms with E-state index >= 15 is 0 Å². The molecule has 2 heterocycles. The van der Waals surface area contributed by atoms with E-state index in [2.05, 4.69) is 41.3 Å². The first kappa shape index (κ1) is 12.8. The average Bonchev–Trinajstić information content (AvgIpc) is 2.93. The molecule has 19 heavy (non-hydrogen) atoms. The van der Waals surface area contributed by atoms with Gasteiger partial charge in [-0.05, 0) is 36.8 Å². The Labute approximate surface area is 116 Å². The van der Waals surface area contributed by atoms with E-state index in [1.54, 1.807) is 0 Å². The van der Waals surface area contributed by atoms with Crippen molar-refractivity contribution < 1.29 is 0 Å². The highest BCUT2D eigenvalue weighted by molar-refractivity contribution is 8.00. The fourth-order valence-corrected chi connectivity index (χ4v) is 3.90. The lowest BCUT2D eigenvalue weighted by Crippen LogP contribution is -2.35. The lowest BCUT2D eigenvalue weighted by molar-refractivity contribution is 0.454. The van der Waals surface area contributed by atoms with Crippen molar-refractivity contribution in [2.24, 2.45) is 0 Å². The van der Waals surface area contributed by atoms with Crippen LogP contribution in [-0.2, 0) is 0 Å². The highest BCUT2D eigenvalue weighted by atomic mass is 32.2. The van der Waals surface area contributed by atoms with E-state index in [-0.39, 0.29) is 5.69 Å². The molecule has 3 rings (SSSR count). The van der Waals surface area contributed by atoms with Crippen molar-refractivity contribution >= 4 is 22.8 Å². The van der Waals surface area contributed by atoms with E-state index in [1.807, 2.05) is 17.8 Å². The van der Waals surface area contributed by atoms with Gasteiger partial charge in [0.05, 0.1) is 11.0 Å². The zero-order valence-corrected chi connectivity index (χ0v) is 12.0. The van der Waals surface area contributed by atoms with E-state index in [4.69, 9.17) is 0 Å². The zero-order chi connectivity index (χ0) is 13.4. The minimum absolute atomic E-state index is 0.145. The van der Waals surface area contributed by atoms with E-state index < -0.39 is 0 Å². The fourth-order valence-electron chi connectivity index (χ4n) is 2.69. The highest BCUT2D eigenvalue weighted by Crippen LogP contribution is 2.28. The van der Waals surface area contributed by atoms with E-state index in [9.17, 15) is 4.79 Å². The highest BCUT2D eigenvalue weighted by Gasteiger charge is 2.25. The molecule has 5 heteroatoms. The van der Waals surface area contributed by atoms with Crippen LogP contribution in [0.3, 0.4) is 0 Å². The summed E-state index contributed by atoms with van der Waals surface area (Å²) in [6.07, 6.45) is 1.24. The number of H-pyrrole nitrogens is 2. The Morgan fingerprint density at radius 1 is 1.37 bits per heavy atom. The first-order chi connectivity index (χ1) is 9.13. The molecule has 1 saturated heterocycles. The second kappa shape index (κ2) is 5.06. The monoisotopic (exact) mass is 277 g/mol. The molecule has 102 valence electrons. The summed E-state index contributed by atoms with van der Waals surface area (Å²) in [6, 6.07) is 6.98. The Morgan fingerprint density at radius 3 is 2.89 bits per heavy atom. The molecule has 1 fully saturated rings. The number of aromatic nitrogens is 2. The molecule has 0 aliphatic carbocycles. The molecular formula is C14H19N3OS. The minimum atomic E-state index is -0.145. The maximum Gasteiger partial charge on any atom is 0.323 e. The third-order valence-corrected chi connectivity index (χ3v) is 5.21. The third kappa shape index (κ3) is 2.58. The number of fused-ring (bicyclic) bond motifs is 1. The number of imidazole rings is 1. The van der Waals surface area contributed by atoms with Gasteiger partial charge in [-0.25, -0.2) is 4.79 Å². The Bertz CT molecular complexity index is 633. The molecule has 0 bridgehead atoms. The minimum Gasteiger partial charge on any atom is -0.306 e. The molecule has 0 saturated carbocycles. The van der Waals surface area contributed by atoms with Gasteiger partial charge >= 0.3 is 5.69 Å². The van der Waals surface area contributed by atoms with Crippen molar-refractivity contribution in [3.63, 3.8) is 0 Å². The fraction of sp³-hybridized carbons (Fsp3) is 0.500. The van der Waals surface area contributed by atoms with E-state index in [0.29, 0.717) is 17.3 Å². The zero-order valence-electron chi connectivity index (χ0n) is 11.2. The Morgan fingerprint density at radius 2 is 2.16 bits per heavy atom. The maximum atomic E-state index is 11.3. The summed E-state index contributed by atoms with van der Waals surface area (Å²) in [5.41, 5.74) is 2.82. The van der Waals surface area contributed by atoms with Crippen molar-refractivity contribution in [3.8, 4) is 0 Å². The second-order valence-electron chi connectivity index (χ2n) is 5.24. The van der Waals surface area contributed by atoms with Gasteiger partial charge in [0, 0.05) is 17.3 Å². The van der Waals surface area contributed by atoms with Gasteiger partial charge in [0.1, 0.15) is 0 Å². The number of hydrogen-bond acceptors (Lipinski definition) is 3. The summed E-state index contributed by atoms with van der Waals surface area (Å²) in [5, 5.41) is 4.37. The smallest absolute Gasteiger partial charge is 0.306 e. The molecular weight excluding hydrogens is 258 g/mol. The van der Waals surface area contributed by atoms with Crippen LogP contribution in [0.2, 0.25) is 0 Å². The lowest BCUT2D eigenvalue weighted by Gasteiger charge is -2.22. The van der Waals surface area contributed by atoms with Crippen LogP contribution in [0.15, 0.2) is 23.0 Å². The van der Waals surface area contributed by atoms with E-state index in [1.165, 1.54) is 17.7 Å². The number of thioether (sulfide) groups is 1. The summed E-state index contributed by atoms with van der Waals surface area (Å²) in [6.45, 7) is 4.47. The quantitative estimate of drug-likeness (QED) is 0.807. The van der Waals surface area contributed by atoms with Gasteiger partial charge < -0.3 is 15.3 Å². The van der Waals surface area contributed by atoms with Crippen LogP contribution in [-0.4, -0.2) is 27.0 Å². The average molecular weight is 277 g/mol. The number of benzene rings is 1. The predicted molar refractivity (Wildman–Crippen MR) is 80.8 cm³/mol. The normalized spacial score (nSPS) is 24.9. The standard InChI is InChI=1S/C14H19N3OS/c1-8(15-11-5-6-19-9(11)2)10-3-4-12-13(7-10)17-14(18)16-12/h3-4,7-9,11,15H,5-6H2,1-2H3,(H2,16,17,18). The SMILES string of the molecule is CC(NC1CCSC1C)c1ccc2[nH]c(=O)[nH]c2c1. The van der Waals surface area contributed by atoms with Crippen molar-refractivity contribution in [1.29, 1.82) is 0 Å². The van der Waals surface area contributed by atoms with Gasteiger partial charge in [0.15, 0.2) is 0 Å². The molecule has 0 radical (unpaired) electrons. The van der Waals surface area contributed by atoms with Crippen molar-refractivity contribution in [2.45, 2.75) is 37.6 Å². The van der Waals surface area contributed by atoms with E-state index in [0.717, 1.165) is 11.0 Å². The molecule has 2 aromatic rings. The third-order valence-electron chi connectivity index (χ3n) is 3.88. The van der Waals surface area contributed by atoms with Crippen LogP contribution < -0.4 is 11.0 Å². The Hall–Kier alpha value is -1.20. The van der Waals surface area contributed by atoms with Crippen LogP contribution in [0.25, 0.3) is 11.0 Å². The summed E-state index contributed by atoms with van der Waals surface area (Å²) in [5.74, 6) is 1.25. The Kier molecular flexibility index (Phi) is 3.41. The molecule has 3 atom stereocenters. The summed E-state index contributed by atoms with van der Waals surface area (Å²) in [4.78, 5) is 16.8. The number of rotatable bonds is 3. The molecule has 3 unspecified atom stereocenters. The predicted octanol–water partition coefficient (Wildman–Crippen LogP) is 2.40. The van der Waals surface area contributed by atoms with Gasteiger partial charge in [-0.15, -0.1) is 0 Å². The number of aromatic amines is 2. The van der Waals surface area contributed by atoms with Gasteiger partial charge in [0.25, 0.3) is 0 Å². The van der Waals surface area contributed by atoms with Gasteiger partial charge in [-0.3, -0.25) is 0 Å². The summed E-state index contributed by atoms with van der Waals surface area (Å²) in [7, 11) is 0. The van der Waals surface area contributed by atoms with Gasteiger partial charge in [-0.1, -0.05) is 13.0 Å². The van der Waals surface area contributed by atoms with Crippen molar-refractivity contribution in [1.82, 2.24) is 15.3 Å². The Balaban J connectivity index is 1.80. The molecule has 3 N–H and O–H groups in total. The van der Waals surface area contributed by atoms with Crippen LogP contribution in [0.4, 0.5) is 0 Å². The molecule has 1 aromatic heterocycles. The second-order valence-corrected chi connectivity index (χ2v) is 6.73. The lowest BCUT2D eigenvalue weighted by atomic mass is 10.0. The number of nitrogens with one attached hydrogen (secondary N) is 3. The molecule has 0 spiro atoms. The molecule has 0 amide bonds. The van der Waals surface area contributed by atoms with Crippen LogP contribution in [0.1, 0.15) is 31.9 Å². The van der Waals surface area contributed by atoms with Crippen LogP contribution in [0.5, 0.6) is 0 Å². The first-order valence-electron chi connectivity index (χ1n) is 6.73. The topological polar surface area (TPSA) is 60.7 Å².